The van der Waals surface area contributed by atoms with Gasteiger partial charge in [-0.1, -0.05) is 41.9 Å². The second-order valence-electron chi connectivity index (χ2n) is 5.87. The van der Waals surface area contributed by atoms with Gasteiger partial charge < -0.3 is 4.74 Å². The summed E-state index contributed by atoms with van der Waals surface area (Å²) in [4.78, 5) is 16.6. The van der Waals surface area contributed by atoms with Gasteiger partial charge >= 0.3 is 6.18 Å². The third-order valence-electron chi connectivity index (χ3n) is 3.89. The van der Waals surface area contributed by atoms with E-state index in [1.807, 2.05) is 6.07 Å². The van der Waals surface area contributed by atoms with Gasteiger partial charge in [0.25, 0.3) is 0 Å². The highest BCUT2D eigenvalue weighted by Gasteiger charge is 2.36. The van der Waals surface area contributed by atoms with Crippen molar-refractivity contribution in [3.63, 3.8) is 0 Å². The Bertz CT molecular complexity index is 1060. The number of ketones is 1. The van der Waals surface area contributed by atoms with Crippen LogP contribution < -0.4 is 4.74 Å². The first kappa shape index (κ1) is 21.3. The fourth-order valence-electron chi connectivity index (χ4n) is 2.49. The van der Waals surface area contributed by atoms with Crippen molar-refractivity contribution in [3.05, 3.63) is 92.3 Å². The molecule has 0 aliphatic carbocycles. The third kappa shape index (κ3) is 4.76. The van der Waals surface area contributed by atoms with Crippen LogP contribution in [0.2, 0.25) is 5.02 Å². The Hall–Kier alpha value is -2.45. The topological polar surface area (TPSA) is 39.2 Å². The number of benzene rings is 2. The van der Waals surface area contributed by atoms with Crippen molar-refractivity contribution in [1.29, 1.82) is 0 Å². The number of nitrogens with zero attached hydrogens (tertiary/aromatic N) is 1. The molecule has 0 N–H and O–H groups in total. The SMILES string of the molecule is O=C(c1nc(OCc2ccccc2)ccc1F)c1c(Br)ccc(C(F)(F)F)c1Cl. The minimum absolute atomic E-state index is 0.0164. The van der Waals surface area contributed by atoms with E-state index >= 15 is 0 Å². The number of carbonyl (C=O) groups excluding carboxylic acids is 1. The Morgan fingerprint density at radius 1 is 1.07 bits per heavy atom. The normalized spacial score (nSPS) is 11.4. The van der Waals surface area contributed by atoms with E-state index in [1.54, 1.807) is 24.3 Å². The lowest BCUT2D eigenvalue weighted by atomic mass is 10.0. The van der Waals surface area contributed by atoms with Crippen LogP contribution in [-0.4, -0.2) is 10.8 Å². The lowest BCUT2D eigenvalue weighted by molar-refractivity contribution is -0.137. The van der Waals surface area contributed by atoms with Gasteiger partial charge in [-0.05, 0) is 39.7 Å². The molecule has 2 aromatic carbocycles. The Balaban J connectivity index is 1.95. The molecule has 0 radical (unpaired) electrons. The Morgan fingerprint density at radius 2 is 1.76 bits per heavy atom. The number of halogens is 6. The summed E-state index contributed by atoms with van der Waals surface area (Å²) in [5.41, 5.74) is -1.62. The number of alkyl halides is 3. The molecule has 3 aromatic rings. The predicted molar refractivity (Wildman–Crippen MR) is 103 cm³/mol. The number of aromatic nitrogens is 1. The summed E-state index contributed by atoms with van der Waals surface area (Å²) < 4.78 is 59.0. The van der Waals surface area contributed by atoms with Crippen LogP contribution in [0.25, 0.3) is 0 Å². The van der Waals surface area contributed by atoms with E-state index in [1.165, 1.54) is 6.07 Å². The van der Waals surface area contributed by atoms with E-state index in [-0.39, 0.29) is 17.0 Å². The number of ether oxygens (including phenoxy) is 1. The summed E-state index contributed by atoms with van der Waals surface area (Å²) in [5.74, 6) is -2.17. The number of hydrogen-bond donors (Lipinski definition) is 0. The molecule has 0 saturated carbocycles. The van der Waals surface area contributed by atoms with Crippen molar-refractivity contribution >= 4 is 33.3 Å². The number of pyridine rings is 1. The molecule has 1 aromatic heterocycles. The second kappa shape index (κ2) is 8.51. The summed E-state index contributed by atoms with van der Waals surface area (Å²) >= 11 is 8.82. The first-order valence-corrected chi connectivity index (χ1v) is 9.28. The number of hydrogen-bond acceptors (Lipinski definition) is 3. The zero-order valence-electron chi connectivity index (χ0n) is 14.4. The highest BCUT2D eigenvalue weighted by atomic mass is 79.9. The molecule has 0 unspecified atom stereocenters. The summed E-state index contributed by atoms with van der Waals surface area (Å²) in [7, 11) is 0. The molecule has 0 aliphatic heterocycles. The molecule has 0 aliphatic rings. The third-order valence-corrected chi connectivity index (χ3v) is 4.94. The van der Waals surface area contributed by atoms with Crippen LogP contribution in [0, 0.1) is 5.82 Å². The van der Waals surface area contributed by atoms with Crippen molar-refractivity contribution in [2.45, 2.75) is 12.8 Å². The summed E-state index contributed by atoms with van der Waals surface area (Å²) in [6.07, 6.45) is -4.78. The molecule has 9 heteroatoms. The van der Waals surface area contributed by atoms with Gasteiger partial charge in [0.1, 0.15) is 6.61 Å². The number of rotatable bonds is 5. The molecule has 29 heavy (non-hydrogen) atoms. The van der Waals surface area contributed by atoms with E-state index in [0.29, 0.717) is 0 Å². The highest BCUT2D eigenvalue weighted by Crippen LogP contribution is 2.39. The van der Waals surface area contributed by atoms with Crippen LogP contribution in [0.1, 0.15) is 27.2 Å². The number of carbonyl (C=O) groups is 1. The Morgan fingerprint density at radius 3 is 2.41 bits per heavy atom. The van der Waals surface area contributed by atoms with Crippen LogP contribution in [0.4, 0.5) is 17.6 Å². The van der Waals surface area contributed by atoms with E-state index in [9.17, 15) is 22.4 Å². The molecule has 0 atom stereocenters. The summed E-state index contributed by atoms with van der Waals surface area (Å²) in [5, 5.41) is -0.839. The molecule has 0 spiro atoms. The smallest absolute Gasteiger partial charge is 0.417 e. The van der Waals surface area contributed by atoms with Crippen LogP contribution in [0.15, 0.2) is 59.1 Å². The summed E-state index contributed by atoms with van der Waals surface area (Å²) in [6.45, 7) is 0.112. The summed E-state index contributed by atoms with van der Waals surface area (Å²) in [6, 6.07) is 13.0. The first-order valence-electron chi connectivity index (χ1n) is 8.11. The van der Waals surface area contributed by atoms with Gasteiger partial charge in [-0.2, -0.15) is 13.2 Å². The van der Waals surface area contributed by atoms with Crippen molar-refractivity contribution in [2.75, 3.05) is 0 Å². The molecular weight excluding hydrogens is 478 g/mol. The molecule has 0 bridgehead atoms. The molecule has 0 fully saturated rings. The zero-order chi connectivity index (χ0) is 21.2. The zero-order valence-corrected chi connectivity index (χ0v) is 16.8. The molecule has 0 saturated heterocycles. The fraction of sp³-hybridized carbons (Fsp3) is 0.100. The average Bonchev–Trinajstić information content (AvgIpc) is 2.67. The van der Waals surface area contributed by atoms with Gasteiger partial charge in [-0.3, -0.25) is 4.79 Å². The van der Waals surface area contributed by atoms with Gasteiger partial charge in [0.05, 0.1) is 16.1 Å². The lowest BCUT2D eigenvalue weighted by Gasteiger charge is -2.14. The molecule has 3 rings (SSSR count). The van der Waals surface area contributed by atoms with Crippen LogP contribution >= 0.6 is 27.5 Å². The maximum Gasteiger partial charge on any atom is 0.417 e. The van der Waals surface area contributed by atoms with Gasteiger partial charge in [0.2, 0.25) is 11.7 Å². The molecule has 3 nitrogen and oxygen atoms in total. The highest BCUT2D eigenvalue weighted by molar-refractivity contribution is 9.10. The predicted octanol–water partition coefficient (Wildman–Crippen LogP) is 6.47. The second-order valence-corrected chi connectivity index (χ2v) is 7.10. The van der Waals surface area contributed by atoms with Crippen LogP contribution in [0.5, 0.6) is 5.88 Å². The largest absolute Gasteiger partial charge is 0.473 e. The molecule has 1 heterocycles. The van der Waals surface area contributed by atoms with E-state index < -0.39 is 39.6 Å². The van der Waals surface area contributed by atoms with Crippen LogP contribution in [-0.2, 0) is 12.8 Å². The van der Waals surface area contributed by atoms with Gasteiger partial charge in [0, 0.05) is 10.5 Å². The van der Waals surface area contributed by atoms with E-state index in [2.05, 4.69) is 20.9 Å². The van der Waals surface area contributed by atoms with E-state index in [4.69, 9.17) is 16.3 Å². The van der Waals surface area contributed by atoms with Gasteiger partial charge in [-0.15, -0.1) is 0 Å². The van der Waals surface area contributed by atoms with Crippen molar-refractivity contribution in [3.8, 4) is 5.88 Å². The van der Waals surface area contributed by atoms with Gasteiger partial charge in [-0.25, -0.2) is 9.37 Å². The van der Waals surface area contributed by atoms with Crippen molar-refractivity contribution in [2.24, 2.45) is 0 Å². The fourth-order valence-corrected chi connectivity index (χ4v) is 3.48. The van der Waals surface area contributed by atoms with E-state index in [0.717, 1.165) is 23.8 Å². The average molecular weight is 489 g/mol. The maximum atomic E-state index is 14.2. The Kier molecular flexibility index (Phi) is 6.24. The molecule has 150 valence electrons. The van der Waals surface area contributed by atoms with Crippen molar-refractivity contribution < 1.29 is 27.1 Å². The van der Waals surface area contributed by atoms with Gasteiger partial charge in [0.15, 0.2) is 11.5 Å². The minimum atomic E-state index is -4.78. The first-order chi connectivity index (χ1) is 13.7. The van der Waals surface area contributed by atoms with Crippen molar-refractivity contribution in [1.82, 2.24) is 4.98 Å². The quantitative estimate of drug-likeness (QED) is 0.305. The standard InChI is InChI=1S/C20H11BrClF4NO2/c21-13-7-6-12(20(24,25)26)17(22)16(13)19(28)18-14(23)8-9-15(27-18)29-10-11-4-2-1-3-5-11/h1-9H,10H2. The lowest BCUT2D eigenvalue weighted by Crippen LogP contribution is -2.13. The Labute approximate surface area is 176 Å². The molecular formula is C20H11BrClF4NO2. The maximum absolute atomic E-state index is 14.2. The molecule has 0 amide bonds. The monoisotopic (exact) mass is 487 g/mol. The minimum Gasteiger partial charge on any atom is -0.473 e. The van der Waals surface area contributed by atoms with Crippen LogP contribution in [0.3, 0.4) is 0 Å².